The van der Waals surface area contributed by atoms with E-state index in [9.17, 15) is 5.11 Å². The van der Waals surface area contributed by atoms with Gasteiger partial charge >= 0.3 is 0 Å². The SMILES string of the molecule is CCCn1ncnc1CC(O)c1ccc(OCC)cc1. The van der Waals surface area contributed by atoms with Crippen molar-refractivity contribution >= 4 is 0 Å². The fraction of sp³-hybridized carbons (Fsp3) is 0.467. The minimum absolute atomic E-state index is 0.466. The summed E-state index contributed by atoms with van der Waals surface area (Å²) < 4.78 is 7.23. The molecule has 2 aromatic rings. The van der Waals surface area contributed by atoms with E-state index in [2.05, 4.69) is 17.0 Å². The molecule has 108 valence electrons. The van der Waals surface area contributed by atoms with Gasteiger partial charge in [0.1, 0.15) is 17.9 Å². The quantitative estimate of drug-likeness (QED) is 0.842. The van der Waals surface area contributed by atoms with Crippen LogP contribution >= 0.6 is 0 Å². The first-order valence-corrected chi connectivity index (χ1v) is 7.02. The predicted molar refractivity (Wildman–Crippen MR) is 76.6 cm³/mol. The van der Waals surface area contributed by atoms with Crippen LogP contribution in [-0.4, -0.2) is 26.5 Å². The number of hydrogen-bond donors (Lipinski definition) is 1. The van der Waals surface area contributed by atoms with Crippen LogP contribution in [0.25, 0.3) is 0 Å². The maximum Gasteiger partial charge on any atom is 0.138 e. The molecule has 1 heterocycles. The Kier molecular flexibility index (Phi) is 5.12. The minimum atomic E-state index is -0.578. The maximum absolute atomic E-state index is 10.3. The summed E-state index contributed by atoms with van der Waals surface area (Å²) in [5.41, 5.74) is 0.861. The zero-order valence-electron chi connectivity index (χ0n) is 12.0. The van der Waals surface area contributed by atoms with Crippen LogP contribution in [0.1, 0.15) is 37.8 Å². The summed E-state index contributed by atoms with van der Waals surface area (Å²) in [5, 5.41) is 14.4. The van der Waals surface area contributed by atoms with Crippen LogP contribution in [0.4, 0.5) is 0 Å². The lowest BCUT2D eigenvalue weighted by Crippen LogP contribution is -2.10. The largest absolute Gasteiger partial charge is 0.494 e. The fourth-order valence-corrected chi connectivity index (χ4v) is 2.09. The molecule has 0 saturated carbocycles. The third-order valence-electron chi connectivity index (χ3n) is 3.08. The Hall–Kier alpha value is -1.88. The van der Waals surface area contributed by atoms with Crippen LogP contribution in [0.5, 0.6) is 5.75 Å². The van der Waals surface area contributed by atoms with Gasteiger partial charge in [0.15, 0.2) is 0 Å². The number of nitrogens with zero attached hydrogens (tertiary/aromatic N) is 3. The van der Waals surface area contributed by atoms with E-state index < -0.39 is 6.10 Å². The molecule has 5 heteroatoms. The third kappa shape index (κ3) is 3.57. The highest BCUT2D eigenvalue weighted by Crippen LogP contribution is 2.20. The molecular formula is C15H21N3O2. The molecule has 1 aromatic carbocycles. The van der Waals surface area contributed by atoms with E-state index in [-0.39, 0.29) is 0 Å². The zero-order chi connectivity index (χ0) is 14.4. The second kappa shape index (κ2) is 7.05. The van der Waals surface area contributed by atoms with Gasteiger partial charge in [-0.3, -0.25) is 4.68 Å². The number of hydrogen-bond acceptors (Lipinski definition) is 4. The summed E-state index contributed by atoms with van der Waals surface area (Å²) in [6.07, 6.45) is 2.42. The van der Waals surface area contributed by atoms with Crippen molar-refractivity contribution in [1.82, 2.24) is 14.8 Å². The molecule has 0 radical (unpaired) electrons. The summed E-state index contributed by atoms with van der Waals surface area (Å²) in [4.78, 5) is 4.21. The topological polar surface area (TPSA) is 60.2 Å². The summed E-state index contributed by atoms with van der Waals surface area (Å²) in [6, 6.07) is 7.52. The average molecular weight is 275 g/mol. The highest BCUT2D eigenvalue weighted by molar-refractivity contribution is 5.28. The molecular weight excluding hydrogens is 254 g/mol. The van der Waals surface area contributed by atoms with E-state index in [4.69, 9.17) is 4.74 Å². The van der Waals surface area contributed by atoms with E-state index in [1.54, 1.807) is 0 Å². The van der Waals surface area contributed by atoms with Crippen LogP contribution in [0.2, 0.25) is 0 Å². The molecule has 0 saturated heterocycles. The maximum atomic E-state index is 10.3. The molecule has 0 aliphatic carbocycles. The van der Waals surface area contributed by atoms with Gasteiger partial charge in [0, 0.05) is 13.0 Å². The molecule has 1 atom stereocenters. The zero-order valence-corrected chi connectivity index (χ0v) is 12.0. The molecule has 0 aliphatic heterocycles. The minimum Gasteiger partial charge on any atom is -0.494 e. The van der Waals surface area contributed by atoms with Gasteiger partial charge in [-0.1, -0.05) is 19.1 Å². The average Bonchev–Trinajstić information content (AvgIpc) is 2.88. The Bertz CT molecular complexity index is 522. The van der Waals surface area contributed by atoms with Crippen molar-refractivity contribution < 1.29 is 9.84 Å². The molecule has 0 spiro atoms. The van der Waals surface area contributed by atoms with E-state index in [1.807, 2.05) is 35.9 Å². The normalized spacial score (nSPS) is 12.3. The summed E-state index contributed by atoms with van der Waals surface area (Å²) in [6.45, 7) is 5.50. The molecule has 1 N–H and O–H groups in total. The van der Waals surface area contributed by atoms with Gasteiger partial charge in [-0.25, -0.2) is 4.98 Å². The van der Waals surface area contributed by atoms with Gasteiger partial charge in [-0.15, -0.1) is 0 Å². The second-order valence-electron chi connectivity index (χ2n) is 4.62. The number of ether oxygens (including phenoxy) is 1. The van der Waals surface area contributed by atoms with E-state index in [1.165, 1.54) is 6.33 Å². The molecule has 1 aromatic heterocycles. The Morgan fingerprint density at radius 3 is 2.65 bits per heavy atom. The Morgan fingerprint density at radius 1 is 1.25 bits per heavy atom. The first-order valence-electron chi connectivity index (χ1n) is 7.02. The van der Waals surface area contributed by atoms with Gasteiger partial charge in [-0.05, 0) is 31.0 Å². The molecule has 1 unspecified atom stereocenters. The highest BCUT2D eigenvalue weighted by Gasteiger charge is 2.13. The molecule has 2 rings (SSSR count). The van der Waals surface area contributed by atoms with Crippen molar-refractivity contribution in [2.45, 2.75) is 39.3 Å². The van der Waals surface area contributed by atoms with Crippen LogP contribution < -0.4 is 4.74 Å². The predicted octanol–water partition coefficient (Wildman–Crippen LogP) is 2.36. The van der Waals surface area contributed by atoms with Crippen molar-refractivity contribution in [1.29, 1.82) is 0 Å². The Balaban J connectivity index is 2.03. The molecule has 20 heavy (non-hydrogen) atoms. The first kappa shape index (κ1) is 14.5. The number of aliphatic hydroxyl groups excluding tert-OH is 1. The number of aryl methyl sites for hydroxylation is 1. The van der Waals surface area contributed by atoms with Crippen LogP contribution in [0, 0.1) is 0 Å². The summed E-state index contributed by atoms with van der Waals surface area (Å²) >= 11 is 0. The molecule has 0 aliphatic rings. The lowest BCUT2D eigenvalue weighted by atomic mass is 10.1. The number of benzene rings is 1. The van der Waals surface area contributed by atoms with E-state index in [0.717, 1.165) is 30.1 Å². The number of aromatic nitrogens is 3. The monoisotopic (exact) mass is 275 g/mol. The van der Waals surface area contributed by atoms with Crippen LogP contribution in [0.15, 0.2) is 30.6 Å². The van der Waals surface area contributed by atoms with Crippen LogP contribution in [0.3, 0.4) is 0 Å². The Labute approximate surface area is 119 Å². The van der Waals surface area contributed by atoms with E-state index >= 15 is 0 Å². The van der Waals surface area contributed by atoms with Crippen molar-refractivity contribution in [2.24, 2.45) is 0 Å². The first-order chi connectivity index (χ1) is 9.74. The standard InChI is InChI=1S/C15H21N3O2/c1-3-9-18-15(16-11-17-18)10-14(19)12-5-7-13(8-6-12)20-4-2/h5-8,11,14,19H,3-4,9-10H2,1-2H3. The number of aliphatic hydroxyl groups is 1. The van der Waals surface area contributed by atoms with Gasteiger partial charge < -0.3 is 9.84 Å². The summed E-state index contributed by atoms with van der Waals surface area (Å²) in [5.74, 6) is 1.63. The van der Waals surface area contributed by atoms with Gasteiger partial charge in [0.25, 0.3) is 0 Å². The molecule has 5 nitrogen and oxygen atoms in total. The lowest BCUT2D eigenvalue weighted by Gasteiger charge is -2.12. The van der Waals surface area contributed by atoms with Gasteiger partial charge in [-0.2, -0.15) is 5.10 Å². The second-order valence-corrected chi connectivity index (χ2v) is 4.62. The summed E-state index contributed by atoms with van der Waals surface area (Å²) in [7, 11) is 0. The lowest BCUT2D eigenvalue weighted by molar-refractivity contribution is 0.173. The molecule has 0 bridgehead atoms. The third-order valence-corrected chi connectivity index (χ3v) is 3.08. The number of rotatable bonds is 7. The van der Waals surface area contributed by atoms with Crippen molar-refractivity contribution in [3.8, 4) is 5.75 Å². The molecule has 0 amide bonds. The van der Waals surface area contributed by atoms with Crippen molar-refractivity contribution in [3.05, 3.63) is 42.0 Å². The van der Waals surface area contributed by atoms with Crippen molar-refractivity contribution in [2.75, 3.05) is 6.61 Å². The smallest absolute Gasteiger partial charge is 0.138 e. The Morgan fingerprint density at radius 2 is 2.00 bits per heavy atom. The van der Waals surface area contributed by atoms with Crippen LogP contribution in [-0.2, 0) is 13.0 Å². The highest BCUT2D eigenvalue weighted by atomic mass is 16.5. The van der Waals surface area contributed by atoms with Gasteiger partial charge in [0.05, 0.1) is 12.7 Å². The molecule has 0 fully saturated rings. The van der Waals surface area contributed by atoms with Crippen molar-refractivity contribution in [3.63, 3.8) is 0 Å². The van der Waals surface area contributed by atoms with E-state index in [0.29, 0.717) is 13.0 Å². The van der Waals surface area contributed by atoms with Gasteiger partial charge in [0.2, 0.25) is 0 Å². The fourth-order valence-electron chi connectivity index (χ4n) is 2.09.